The second-order valence-corrected chi connectivity index (χ2v) is 8.30. The standard InChI is InChI=1S/C25H30FN3O4/c1-28(2)23(30)17-33-21-8-5-7-20(16-21)25(32)29-14-11-19(12-15-29)24(31)27-13-10-18-6-3-4-9-22(18)26/h3-9,16,19H,10-15,17H2,1-2H3,(H,27,31). The first-order valence-corrected chi connectivity index (χ1v) is 11.1. The zero-order chi connectivity index (χ0) is 23.8. The summed E-state index contributed by atoms with van der Waals surface area (Å²) in [5, 5.41) is 2.89. The first-order chi connectivity index (χ1) is 15.8. The number of piperidine rings is 1. The van der Waals surface area contributed by atoms with Crippen molar-refractivity contribution in [2.24, 2.45) is 5.92 Å². The highest BCUT2D eigenvalue weighted by molar-refractivity contribution is 5.94. The highest BCUT2D eigenvalue weighted by Crippen LogP contribution is 2.21. The molecule has 1 aliphatic rings. The number of carbonyl (C=O) groups is 3. The molecule has 0 bridgehead atoms. The number of nitrogens with zero attached hydrogens (tertiary/aromatic N) is 2. The van der Waals surface area contributed by atoms with Gasteiger partial charge in [-0.1, -0.05) is 24.3 Å². The van der Waals surface area contributed by atoms with Gasteiger partial charge in [0.05, 0.1) is 0 Å². The molecule has 0 radical (unpaired) electrons. The lowest BCUT2D eigenvalue weighted by atomic mass is 9.95. The van der Waals surface area contributed by atoms with Crippen molar-refractivity contribution in [3.8, 4) is 5.75 Å². The highest BCUT2D eigenvalue weighted by atomic mass is 19.1. The Labute approximate surface area is 193 Å². The Morgan fingerprint density at radius 2 is 1.82 bits per heavy atom. The zero-order valence-corrected chi connectivity index (χ0v) is 19.1. The topological polar surface area (TPSA) is 79.0 Å². The summed E-state index contributed by atoms with van der Waals surface area (Å²) in [7, 11) is 3.30. The quantitative estimate of drug-likeness (QED) is 0.664. The molecule has 3 rings (SSSR count). The average Bonchev–Trinajstić information content (AvgIpc) is 2.83. The summed E-state index contributed by atoms with van der Waals surface area (Å²) in [5.41, 5.74) is 1.06. The van der Waals surface area contributed by atoms with E-state index in [-0.39, 0.29) is 36.1 Å². The smallest absolute Gasteiger partial charge is 0.259 e. The molecule has 176 valence electrons. The van der Waals surface area contributed by atoms with Gasteiger partial charge in [0.15, 0.2) is 6.61 Å². The van der Waals surface area contributed by atoms with E-state index in [0.717, 1.165) is 0 Å². The summed E-state index contributed by atoms with van der Waals surface area (Å²) >= 11 is 0. The van der Waals surface area contributed by atoms with Crippen LogP contribution in [-0.4, -0.2) is 67.9 Å². The largest absolute Gasteiger partial charge is 0.484 e. The Hall–Kier alpha value is -3.42. The molecule has 7 nitrogen and oxygen atoms in total. The van der Waals surface area contributed by atoms with Crippen LogP contribution in [0.1, 0.15) is 28.8 Å². The van der Waals surface area contributed by atoms with Crippen molar-refractivity contribution in [1.82, 2.24) is 15.1 Å². The van der Waals surface area contributed by atoms with Crippen LogP contribution in [0.25, 0.3) is 0 Å². The zero-order valence-electron chi connectivity index (χ0n) is 19.1. The Balaban J connectivity index is 1.45. The molecular weight excluding hydrogens is 425 g/mol. The second-order valence-electron chi connectivity index (χ2n) is 8.30. The van der Waals surface area contributed by atoms with Gasteiger partial charge in [0.2, 0.25) is 5.91 Å². The molecule has 0 aromatic heterocycles. The third kappa shape index (κ3) is 6.78. The number of likely N-dealkylation sites (N-methyl/N-ethyl adjacent to an activating group) is 1. The van der Waals surface area contributed by atoms with Crippen LogP contribution in [-0.2, 0) is 16.0 Å². The lowest BCUT2D eigenvalue weighted by Gasteiger charge is -2.31. The molecule has 2 aromatic carbocycles. The van der Waals surface area contributed by atoms with E-state index in [0.29, 0.717) is 55.8 Å². The van der Waals surface area contributed by atoms with Gasteiger partial charge in [-0.15, -0.1) is 0 Å². The van der Waals surface area contributed by atoms with Crippen molar-refractivity contribution in [2.45, 2.75) is 19.3 Å². The maximum absolute atomic E-state index is 13.7. The molecule has 2 aromatic rings. The van der Waals surface area contributed by atoms with E-state index in [1.807, 2.05) is 0 Å². The second kappa shape index (κ2) is 11.4. The van der Waals surface area contributed by atoms with E-state index in [2.05, 4.69) is 5.32 Å². The van der Waals surface area contributed by atoms with Gasteiger partial charge in [0.1, 0.15) is 11.6 Å². The predicted octanol–water partition coefficient (Wildman–Crippen LogP) is 2.50. The van der Waals surface area contributed by atoms with Crippen LogP contribution in [0.5, 0.6) is 5.75 Å². The van der Waals surface area contributed by atoms with Crippen LogP contribution in [0, 0.1) is 11.7 Å². The normalized spacial score (nSPS) is 14.0. The fourth-order valence-corrected chi connectivity index (χ4v) is 3.69. The number of benzene rings is 2. The number of likely N-dealkylation sites (tertiary alicyclic amines) is 1. The molecule has 0 unspecified atom stereocenters. The summed E-state index contributed by atoms with van der Waals surface area (Å²) in [6.45, 7) is 1.24. The van der Waals surface area contributed by atoms with E-state index in [1.54, 1.807) is 61.5 Å². The molecule has 1 heterocycles. The third-order valence-corrected chi connectivity index (χ3v) is 5.75. The van der Waals surface area contributed by atoms with Crippen molar-refractivity contribution in [3.05, 3.63) is 65.5 Å². The SMILES string of the molecule is CN(C)C(=O)COc1cccc(C(=O)N2CCC(C(=O)NCCc3ccccc3F)CC2)c1. The molecular formula is C25H30FN3O4. The number of ether oxygens (including phenoxy) is 1. The van der Waals surface area contributed by atoms with Crippen molar-refractivity contribution in [3.63, 3.8) is 0 Å². The van der Waals surface area contributed by atoms with Gasteiger partial charge in [-0.05, 0) is 49.1 Å². The summed E-state index contributed by atoms with van der Waals surface area (Å²) in [4.78, 5) is 40.2. The molecule has 1 aliphatic heterocycles. The number of amides is 3. The average molecular weight is 456 g/mol. The van der Waals surface area contributed by atoms with E-state index >= 15 is 0 Å². The lowest BCUT2D eigenvalue weighted by molar-refractivity contribution is -0.130. The Morgan fingerprint density at radius 1 is 1.09 bits per heavy atom. The molecule has 8 heteroatoms. The summed E-state index contributed by atoms with van der Waals surface area (Å²) in [6.07, 6.45) is 1.59. The van der Waals surface area contributed by atoms with Crippen LogP contribution in [0.2, 0.25) is 0 Å². The highest BCUT2D eigenvalue weighted by Gasteiger charge is 2.27. The van der Waals surface area contributed by atoms with Gasteiger partial charge < -0.3 is 19.9 Å². The van der Waals surface area contributed by atoms with Crippen LogP contribution in [0.4, 0.5) is 4.39 Å². The van der Waals surface area contributed by atoms with E-state index in [4.69, 9.17) is 4.74 Å². The lowest BCUT2D eigenvalue weighted by Crippen LogP contribution is -2.43. The molecule has 1 saturated heterocycles. The third-order valence-electron chi connectivity index (χ3n) is 5.75. The van der Waals surface area contributed by atoms with Crippen molar-refractivity contribution in [1.29, 1.82) is 0 Å². The minimum absolute atomic E-state index is 0.0561. The summed E-state index contributed by atoms with van der Waals surface area (Å²) in [6, 6.07) is 13.3. The monoisotopic (exact) mass is 455 g/mol. The van der Waals surface area contributed by atoms with E-state index in [1.165, 1.54) is 11.0 Å². The van der Waals surface area contributed by atoms with Crippen molar-refractivity contribution >= 4 is 17.7 Å². The minimum Gasteiger partial charge on any atom is -0.484 e. The maximum Gasteiger partial charge on any atom is 0.259 e. The fourth-order valence-electron chi connectivity index (χ4n) is 3.69. The molecule has 1 fully saturated rings. The van der Waals surface area contributed by atoms with Gasteiger partial charge in [0.25, 0.3) is 11.8 Å². The van der Waals surface area contributed by atoms with Gasteiger partial charge in [-0.25, -0.2) is 4.39 Å². The number of rotatable bonds is 8. The van der Waals surface area contributed by atoms with Gasteiger partial charge in [-0.2, -0.15) is 0 Å². The van der Waals surface area contributed by atoms with Crippen molar-refractivity contribution in [2.75, 3.05) is 40.3 Å². The van der Waals surface area contributed by atoms with Crippen molar-refractivity contribution < 1.29 is 23.5 Å². The van der Waals surface area contributed by atoms with Crippen LogP contribution < -0.4 is 10.1 Å². The molecule has 0 atom stereocenters. The maximum atomic E-state index is 13.7. The minimum atomic E-state index is -0.266. The molecule has 1 N–H and O–H groups in total. The Morgan fingerprint density at radius 3 is 2.52 bits per heavy atom. The number of hydrogen-bond acceptors (Lipinski definition) is 4. The molecule has 0 spiro atoms. The number of hydrogen-bond donors (Lipinski definition) is 1. The first-order valence-electron chi connectivity index (χ1n) is 11.1. The summed E-state index contributed by atoms with van der Waals surface area (Å²) < 4.78 is 19.2. The number of carbonyl (C=O) groups excluding carboxylic acids is 3. The fraction of sp³-hybridized carbons (Fsp3) is 0.400. The van der Waals surface area contributed by atoms with Gasteiger partial charge >= 0.3 is 0 Å². The number of nitrogens with one attached hydrogen (secondary N) is 1. The molecule has 33 heavy (non-hydrogen) atoms. The summed E-state index contributed by atoms with van der Waals surface area (Å²) in [5.74, 6) is -0.322. The molecule has 0 saturated carbocycles. The molecule has 0 aliphatic carbocycles. The van der Waals surface area contributed by atoms with E-state index < -0.39 is 0 Å². The van der Waals surface area contributed by atoms with Crippen LogP contribution in [0.3, 0.4) is 0 Å². The Bertz CT molecular complexity index is 987. The predicted molar refractivity (Wildman–Crippen MR) is 122 cm³/mol. The van der Waals surface area contributed by atoms with Gasteiger partial charge in [-0.3, -0.25) is 14.4 Å². The Kier molecular flexibility index (Phi) is 8.40. The van der Waals surface area contributed by atoms with E-state index in [9.17, 15) is 18.8 Å². The molecule has 3 amide bonds. The van der Waals surface area contributed by atoms with Gasteiger partial charge in [0, 0.05) is 45.2 Å². The first kappa shape index (κ1) is 24.2. The number of halogens is 1. The van der Waals surface area contributed by atoms with Crippen LogP contribution in [0.15, 0.2) is 48.5 Å². The van der Waals surface area contributed by atoms with Crippen LogP contribution >= 0.6 is 0 Å².